The van der Waals surface area contributed by atoms with E-state index in [2.05, 4.69) is 39.8 Å². The van der Waals surface area contributed by atoms with Crippen LogP contribution < -0.4 is 16.4 Å². The molecule has 1 saturated carbocycles. The Morgan fingerprint density at radius 1 is 1.03 bits per heavy atom. The highest BCUT2D eigenvalue weighted by atomic mass is 32.1. The summed E-state index contributed by atoms with van der Waals surface area (Å²) in [5, 5.41) is 4.32. The van der Waals surface area contributed by atoms with Gasteiger partial charge in [-0.3, -0.25) is 18.7 Å². The van der Waals surface area contributed by atoms with Crippen molar-refractivity contribution in [2.24, 2.45) is 0 Å². The number of thiophene rings is 1. The van der Waals surface area contributed by atoms with Gasteiger partial charge in [-0.25, -0.2) is 15.0 Å². The number of aryl methyl sites for hydroxylation is 1. The second kappa shape index (κ2) is 11.5. The zero-order chi connectivity index (χ0) is 26.6. The van der Waals surface area contributed by atoms with E-state index in [1.807, 2.05) is 41.0 Å². The molecule has 4 aromatic heterocycles. The van der Waals surface area contributed by atoms with E-state index in [1.54, 1.807) is 24.0 Å². The summed E-state index contributed by atoms with van der Waals surface area (Å²) in [6.07, 6.45) is 10.9. The first kappa shape index (κ1) is 26.1. The third kappa shape index (κ3) is 5.10. The minimum Gasteiger partial charge on any atom is -0.385 e. The van der Waals surface area contributed by atoms with Crippen LogP contribution in [0.4, 0.5) is 5.69 Å². The number of anilines is 1. The topological polar surface area (TPSA) is 94.7 Å². The van der Waals surface area contributed by atoms with Crippen molar-refractivity contribution >= 4 is 50.1 Å². The van der Waals surface area contributed by atoms with Crippen molar-refractivity contribution in [1.82, 2.24) is 24.1 Å². The molecule has 0 amide bonds. The molecule has 1 aliphatic rings. The number of pyridine rings is 1. The summed E-state index contributed by atoms with van der Waals surface area (Å²) >= 11 is 5.53. The summed E-state index contributed by atoms with van der Waals surface area (Å²) < 4.78 is 4.12. The molecule has 10 heteroatoms. The van der Waals surface area contributed by atoms with E-state index in [9.17, 15) is 9.59 Å². The Balaban J connectivity index is 0.000000170. The van der Waals surface area contributed by atoms with Gasteiger partial charge >= 0.3 is 0 Å². The first-order valence-electron chi connectivity index (χ1n) is 12.8. The van der Waals surface area contributed by atoms with Gasteiger partial charge in [-0.2, -0.15) is 0 Å². The Bertz CT molecular complexity index is 1690. The Labute approximate surface area is 229 Å². The van der Waals surface area contributed by atoms with Crippen molar-refractivity contribution in [3.8, 4) is 5.69 Å². The molecule has 1 aromatic carbocycles. The minimum atomic E-state index is -0.142. The first-order chi connectivity index (χ1) is 18.5. The van der Waals surface area contributed by atoms with Crippen molar-refractivity contribution < 1.29 is 0 Å². The number of nitrogens with zero attached hydrogens (tertiary/aromatic N) is 5. The fraction of sp³-hybridized carbons (Fsp3) is 0.321. The van der Waals surface area contributed by atoms with Gasteiger partial charge in [0.25, 0.3) is 11.1 Å². The van der Waals surface area contributed by atoms with Crippen LogP contribution in [0.15, 0.2) is 69.6 Å². The summed E-state index contributed by atoms with van der Waals surface area (Å²) in [5.74, 6) is 0.656. The molecule has 0 unspecified atom stereocenters. The number of aromatic nitrogens is 5. The fourth-order valence-electron chi connectivity index (χ4n) is 4.93. The average Bonchev–Trinajstić information content (AvgIpc) is 3.34. The number of para-hydroxylation sites is 1. The maximum atomic E-state index is 13.0. The SMILES string of the molecule is CCNc1ccnc2sc3c(=O)n(C4CCCCC4)cnc3c12.Cc1ncc(S)c(=O)n1-c1ccccc1. The summed E-state index contributed by atoms with van der Waals surface area (Å²) in [5.41, 5.74) is 2.55. The van der Waals surface area contributed by atoms with Crippen LogP contribution in [0.3, 0.4) is 0 Å². The molecule has 5 aromatic rings. The molecular weight excluding hydrogens is 516 g/mol. The maximum absolute atomic E-state index is 13.0. The molecule has 0 radical (unpaired) electrons. The molecule has 8 nitrogen and oxygen atoms in total. The van der Waals surface area contributed by atoms with E-state index < -0.39 is 0 Å². The number of rotatable bonds is 4. The van der Waals surface area contributed by atoms with Gasteiger partial charge in [-0.05, 0) is 44.9 Å². The van der Waals surface area contributed by atoms with Crippen molar-refractivity contribution in [1.29, 1.82) is 0 Å². The van der Waals surface area contributed by atoms with Crippen molar-refractivity contribution in [3.63, 3.8) is 0 Å². The van der Waals surface area contributed by atoms with E-state index in [0.717, 1.165) is 51.2 Å². The smallest absolute Gasteiger partial charge is 0.271 e. The lowest BCUT2D eigenvalue weighted by Gasteiger charge is -2.23. The quantitative estimate of drug-likeness (QED) is 0.278. The van der Waals surface area contributed by atoms with Gasteiger partial charge < -0.3 is 5.32 Å². The summed E-state index contributed by atoms with van der Waals surface area (Å²) in [6.45, 7) is 4.68. The fourth-order valence-corrected chi connectivity index (χ4v) is 6.15. The second-order valence-corrected chi connectivity index (χ2v) is 10.7. The van der Waals surface area contributed by atoms with E-state index >= 15 is 0 Å². The molecular formula is C28H30N6O2S2. The number of thiol groups is 1. The van der Waals surface area contributed by atoms with Gasteiger partial charge in [-0.15, -0.1) is 24.0 Å². The Hall–Kier alpha value is -3.50. The second-order valence-electron chi connectivity index (χ2n) is 9.26. The summed E-state index contributed by atoms with van der Waals surface area (Å²) in [4.78, 5) is 39.2. The van der Waals surface area contributed by atoms with E-state index in [0.29, 0.717) is 16.8 Å². The standard InChI is InChI=1S/C17H20N4OS.C11H10N2OS/c1-2-18-12-8-9-19-16-13(12)14-15(23-16)17(22)21(10-20-14)11-6-4-3-5-7-11;1-8-12-7-10(15)11(14)13(8)9-5-3-2-4-6-9/h8-11H,2-7H2,1H3,(H,18,19);2-7,15H,1H3. The number of benzene rings is 1. The molecule has 1 N–H and O–H groups in total. The Morgan fingerprint density at radius 2 is 1.79 bits per heavy atom. The minimum absolute atomic E-state index is 0.0901. The molecule has 4 heterocycles. The molecule has 6 rings (SSSR count). The number of nitrogens with one attached hydrogen (secondary N) is 1. The Morgan fingerprint density at radius 3 is 2.53 bits per heavy atom. The normalized spacial score (nSPS) is 13.9. The first-order valence-corrected chi connectivity index (χ1v) is 14.1. The van der Waals surface area contributed by atoms with Crippen molar-refractivity contribution in [3.05, 3.63) is 81.7 Å². The highest BCUT2D eigenvalue weighted by Gasteiger charge is 2.20. The van der Waals surface area contributed by atoms with Gasteiger partial charge in [0.05, 0.1) is 27.8 Å². The van der Waals surface area contributed by atoms with Crippen LogP contribution in [0.25, 0.3) is 26.1 Å². The van der Waals surface area contributed by atoms with E-state index in [-0.39, 0.29) is 11.1 Å². The molecule has 1 fully saturated rings. The van der Waals surface area contributed by atoms with E-state index in [4.69, 9.17) is 0 Å². The highest BCUT2D eigenvalue weighted by molar-refractivity contribution is 7.80. The largest absolute Gasteiger partial charge is 0.385 e. The van der Waals surface area contributed by atoms with Crippen LogP contribution in [0, 0.1) is 6.92 Å². The third-order valence-corrected chi connectivity index (χ3v) is 8.16. The number of hydrogen-bond donors (Lipinski definition) is 2. The van der Waals surface area contributed by atoms with Gasteiger partial charge in [0.2, 0.25) is 0 Å². The van der Waals surface area contributed by atoms with Gasteiger partial charge in [0, 0.05) is 30.7 Å². The predicted molar refractivity (Wildman–Crippen MR) is 157 cm³/mol. The number of hydrogen-bond acceptors (Lipinski definition) is 8. The molecule has 0 aliphatic heterocycles. The summed E-state index contributed by atoms with van der Waals surface area (Å²) in [6, 6.07) is 11.7. The summed E-state index contributed by atoms with van der Waals surface area (Å²) in [7, 11) is 0. The molecule has 0 spiro atoms. The van der Waals surface area contributed by atoms with Crippen LogP contribution >= 0.6 is 24.0 Å². The van der Waals surface area contributed by atoms with E-state index in [1.165, 1.54) is 36.8 Å². The molecule has 38 heavy (non-hydrogen) atoms. The van der Waals surface area contributed by atoms with Crippen LogP contribution in [-0.4, -0.2) is 30.6 Å². The van der Waals surface area contributed by atoms with Crippen LogP contribution in [0.1, 0.15) is 50.9 Å². The number of fused-ring (bicyclic) bond motifs is 3. The van der Waals surface area contributed by atoms with Gasteiger partial charge in [-0.1, -0.05) is 37.5 Å². The lowest BCUT2D eigenvalue weighted by molar-refractivity contribution is 0.345. The molecule has 0 atom stereocenters. The zero-order valence-electron chi connectivity index (χ0n) is 21.4. The van der Waals surface area contributed by atoms with Crippen LogP contribution in [-0.2, 0) is 0 Å². The maximum Gasteiger partial charge on any atom is 0.271 e. The molecule has 1 aliphatic carbocycles. The average molecular weight is 547 g/mol. The zero-order valence-corrected chi connectivity index (χ0v) is 23.1. The lowest BCUT2D eigenvalue weighted by atomic mass is 9.95. The molecule has 0 saturated heterocycles. The lowest BCUT2D eigenvalue weighted by Crippen LogP contribution is -2.26. The Kier molecular flexibility index (Phi) is 7.90. The molecule has 196 valence electrons. The van der Waals surface area contributed by atoms with Crippen molar-refractivity contribution in [2.75, 3.05) is 11.9 Å². The molecule has 0 bridgehead atoms. The monoisotopic (exact) mass is 546 g/mol. The van der Waals surface area contributed by atoms with Gasteiger partial charge in [0.1, 0.15) is 15.4 Å². The van der Waals surface area contributed by atoms with Crippen LogP contribution in [0.5, 0.6) is 0 Å². The van der Waals surface area contributed by atoms with Gasteiger partial charge in [0.15, 0.2) is 0 Å². The third-order valence-electron chi connectivity index (χ3n) is 6.78. The predicted octanol–water partition coefficient (Wildman–Crippen LogP) is 5.77. The van der Waals surface area contributed by atoms with Crippen molar-refractivity contribution in [2.45, 2.75) is 56.9 Å². The highest BCUT2D eigenvalue weighted by Crippen LogP contribution is 2.35. The van der Waals surface area contributed by atoms with Crippen LogP contribution in [0.2, 0.25) is 0 Å².